The second-order valence-electron chi connectivity index (χ2n) is 5.01. The average Bonchev–Trinajstić information content (AvgIpc) is 3.10. The Morgan fingerprint density at radius 3 is 2.62 bits per heavy atom. The second kappa shape index (κ2) is 6.80. The van der Waals surface area contributed by atoms with Gasteiger partial charge in [-0.15, -0.1) is 22.7 Å². The molecule has 3 heterocycles. The van der Waals surface area contributed by atoms with Gasteiger partial charge in [0, 0.05) is 9.75 Å². The fourth-order valence-corrected chi connectivity index (χ4v) is 4.76. The van der Waals surface area contributed by atoms with E-state index in [-0.39, 0.29) is 5.15 Å². The number of hydrogen-bond donors (Lipinski definition) is 0. The van der Waals surface area contributed by atoms with Gasteiger partial charge in [0.15, 0.2) is 5.82 Å². The number of ether oxygens (including phenoxy) is 1. The molecule has 3 rings (SSSR count). The molecule has 24 heavy (non-hydrogen) atoms. The SMILES string of the molecule is COC(=O)c1sc2nc(/C(Cl)=C/c3ccc(C)s3)nc(Cl)c2c1C. The van der Waals surface area contributed by atoms with Crippen LogP contribution in [0, 0.1) is 13.8 Å². The summed E-state index contributed by atoms with van der Waals surface area (Å²) in [6.07, 6.45) is 1.80. The van der Waals surface area contributed by atoms with Crippen LogP contribution in [0.3, 0.4) is 0 Å². The minimum Gasteiger partial charge on any atom is -0.465 e. The minimum atomic E-state index is -0.413. The van der Waals surface area contributed by atoms with Gasteiger partial charge in [-0.05, 0) is 37.6 Å². The lowest BCUT2D eigenvalue weighted by molar-refractivity contribution is 0.0605. The lowest BCUT2D eigenvalue weighted by atomic mass is 10.2. The van der Waals surface area contributed by atoms with Gasteiger partial charge in [0.05, 0.1) is 17.5 Å². The number of nitrogens with zero attached hydrogens (tertiary/aromatic N) is 2. The molecule has 0 saturated heterocycles. The molecule has 124 valence electrons. The number of halogens is 2. The Hall–Kier alpha value is -1.47. The van der Waals surface area contributed by atoms with Crippen LogP contribution in [-0.4, -0.2) is 23.0 Å². The van der Waals surface area contributed by atoms with Crippen LogP contribution in [0.15, 0.2) is 12.1 Å². The number of aryl methyl sites for hydroxylation is 2. The fourth-order valence-electron chi connectivity index (χ4n) is 2.20. The molecule has 4 nitrogen and oxygen atoms in total. The molecular weight excluding hydrogens is 387 g/mol. The second-order valence-corrected chi connectivity index (χ2v) is 8.09. The standard InChI is InChI=1S/C16H12Cl2N2O2S2/c1-7-4-5-9(23-7)6-10(17)14-19-13(18)11-8(2)12(16(21)22-3)24-15(11)20-14/h4-6H,1-3H3/b10-6-. The first-order chi connectivity index (χ1) is 11.4. The van der Waals surface area contributed by atoms with Crippen LogP contribution in [0.5, 0.6) is 0 Å². The highest BCUT2D eigenvalue weighted by Gasteiger charge is 2.20. The van der Waals surface area contributed by atoms with Gasteiger partial charge < -0.3 is 4.74 Å². The van der Waals surface area contributed by atoms with Crippen molar-refractivity contribution in [2.24, 2.45) is 0 Å². The van der Waals surface area contributed by atoms with Gasteiger partial charge in [0.2, 0.25) is 0 Å². The number of fused-ring (bicyclic) bond motifs is 1. The van der Waals surface area contributed by atoms with E-state index in [1.165, 1.54) is 23.3 Å². The quantitative estimate of drug-likeness (QED) is 0.428. The number of hydrogen-bond acceptors (Lipinski definition) is 6. The third-order valence-electron chi connectivity index (χ3n) is 3.36. The fraction of sp³-hybridized carbons (Fsp3) is 0.188. The highest BCUT2D eigenvalue weighted by molar-refractivity contribution is 7.20. The maximum Gasteiger partial charge on any atom is 0.348 e. The van der Waals surface area contributed by atoms with E-state index in [2.05, 4.69) is 9.97 Å². The van der Waals surface area contributed by atoms with Crippen molar-refractivity contribution in [2.75, 3.05) is 7.11 Å². The Morgan fingerprint density at radius 2 is 2.00 bits per heavy atom. The van der Waals surface area contributed by atoms with Gasteiger partial charge in [-0.3, -0.25) is 0 Å². The monoisotopic (exact) mass is 398 g/mol. The Balaban J connectivity index is 2.10. The van der Waals surface area contributed by atoms with Crippen LogP contribution in [0.4, 0.5) is 0 Å². The Labute approximate surface area is 156 Å². The van der Waals surface area contributed by atoms with Crippen molar-refractivity contribution in [1.29, 1.82) is 0 Å². The molecule has 0 saturated carbocycles. The van der Waals surface area contributed by atoms with Crippen LogP contribution < -0.4 is 0 Å². The highest BCUT2D eigenvalue weighted by atomic mass is 35.5. The van der Waals surface area contributed by atoms with E-state index in [1.54, 1.807) is 24.3 Å². The van der Waals surface area contributed by atoms with E-state index in [4.69, 9.17) is 27.9 Å². The molecule has 0 aliphatic carbocycles. The molecule has 0 spiro atoms. The lowest BCUT2D eigenvalue weighted by Crippen LogP contribution is -1.99. The molecular formula is C16H12Cl2N2O2S2. The summed E-state index contributed by atoms with van der Waals surface area (Å²) in [7, 11) is 1.34. The molecule has 0 aliphatic heterocycles. The smallest absolute Gasteiger partial charge is 0.348 e. The maximum absolute atomic E-state index is 11.8. The number of methoxy groups -OCH3 is 1. The zero-order valence-corrected chi connectivity index (χ0v) is 16.2. The van der Waals surface area contributed by atoms with Crippen molar-refractivity contribution in [3.05, 3.63) is 43.3 Å². The van der Waals surface area contributed by atoms with E-state index in [0.29, 0.717) is 31.5 Å². The van der Waals surface area contributed by atoms with Crippen molar-refractivity contribution in [1.82, 2.24) is 9.97 Å². The summed E-state index contributed by atoms with van der Waals surface area (Å²) in [5.41, 5.74) is 0.715. The normalized spacial score (nSPS) is 12.0. The molecule has 0 N–H and O–H groups in total. The van der Waals surface area contributed by atoms with Gasteiger partial charge in [-0.2, -0.15) is 0 Å². The van der Waals surface area contributed by atoms with Gasteiger partial charge in [-0.25, -0.2) is 14.8 Å². The zero-order chi connectivity index (χ0) is 17.4. The van der Waals surface area contributed by atoms with Gasteiger partial charge in [-0.1, -0.05) is 23.2 Å². The molecule has 0 aromatic carbocycles. The third kappa shape index (κ3) is 3.19. The Kier molecular flexibility index (Phi) is 4.92. The third-order valence-corrected chi connectivity index (χ3v) is 6.03. The van der Waals surface area contributed by atoms with E-state index < -0.39 is 5.97 Å². The van der Waals surface area contributed by atoms with Gasteiger partial charge >= 0.3 is 5.97 Å². The molecule has 0 radical (unpaired) electrons. The lowest BCUT2D eigenvalue weighted by Gasteiger charge is -2.01. The molecule has 3 aromatic heterocycles. The predicted molar refractivity (Wildman–Crippen MR) is 101 cm³/mol. The summed E-state index contributed by atoms with van der Waals surface area (Å²) in [5.74, 6) is -0.0818. The summed E-state index contributed by atoms with van der Waals surface area (Å²) in [4.78, 5) is 23.8. The van der Waals surface area contributed by atoms with Gasteiger partial charge in [0.1, 0.15) is 14.9 Å². The van der Waals surface area contributed by atoms with Crippen molar-refractivity contribution in [3.8, 4) is 0 Å². The largest absolute Gasteiger partial charge is 0.465 e. The number of esters is 1. The first-order valence-electron chi connectivity index (χ1n) is 6.89. The highest BCUT2D eigenvalue weighted by Crippen LogP contribution is 2.35. The number of carbonyl (C=O) groups is 1. The molecule has 0 atom stereocenters. The Morgan fingerprint density at radius 1 is 1.25 bits per heavy atom. The summed E-state index contributed by atoms with van der Waals surface area (Å²) in [5, 5.41) is 1.32. The number of rotatable bonds is 3. The van der Waals surface area contributed by atoms with Crippen LogP contribution in [0.25, 0.3) is 21.3 Å². The Bertz CT molecular complexity index is 976. The van der Waals surface area contributed by atoms with Crippen molar-refractivity contribution < 1.29 is 9.53 Å². The average molecular weight is 399 g/mol. The zero-order valence-electron chi connectivity index (χ0n) is 13.0. The van der Waals surface area contributed by atoms with Gasteiger partial charge in [0.25, 0.3) is 0 Å². The van der Waals surface area contributed by atoms with E-state index in [9.17, 15) is 4.79 Å². The molecule has 8 heteroatoms. The van der Waals surface area contributed by atoms with Crippen molar-refractivity contribution in [3.63, 3.8) is 0 Å². The molecule has 3 aromatic rings. The molecule has 0 fully saturated rings. The first kappa shape index (κ1) is 17.4. The summed E-state index contributed by atoms with van der Waals surface area (Å²) in [6.45, 7) is 3.82. The van der Waals surface area contributed by atoms with E-state index in [0.717, 1.165) is 4.88 Å². The molecule has 0 aliphatic rings. The van der Waals surface area contributed by atoms with Crippen LogP contribution in [0.1, 0.15) is 30.8 Å². The summed E-state index contributed by atoms with van der Waals surface area (Å²) < 4.78 is 4.79. The summed E-state index contributed by atoms with van der Waals surface area (Å²) >= 11 is 15.5. The van der Waals surface area contributed by atoms with E-state index in [1.807, 2.05) is 19.1 Å². The number of carbonyl (C=O) groups excluding carboxylic acids is 1. The van der Waals surface area contributed by atoms with E-state index >= 15 is 0 Å². The van der Waals surface area contributed by atoms with Crippen LogP contribution >= 0.6 is 45.9 Å². The van der Waals surface area contributed by atoms with Crippen LogP contribution in [-0.2, 0) is 4.74 Å². The predicted octanol–water partition coefficient (Wildman–Crippen LogP) is 5.55. The first-order valence-corrected chi connectivity index (χ1v) is 9.28. The topological polar surface area (TPSA) is 52.1 Å². The van der Waals surface area contributed by atoms with Crippen molar-refractivity contribution >= 4 is 73.2 Å². The maximum atomic E-state index is 11.8. The number of thiophene rings is 2. The molecule has 0 bridgehead atoms. The minimum absolute atomic E-state index is 0.271. The van der Waals surface area contributed by atoms with Crippen LogP contribution in [0.2, 0.25) is 5.15 Å². The molecule has 0 unspecified atom stereocenters. The number of aromatic nitrogens is 2. The van der Waals surface area contributed by atoms with Crippen molar-refractivity contribution in [2.45, 2.75) is 13.8 Å². The summed E-state index contributed by atoms with van der Waals surface area (Å²) in [6, 6.07) is 4.00. The molecule has 0 amide bonds.